The van der Waals surface area contributed by atoms with E-state index in [0.29, 0.717) is 5.92 Å². The molecule has 1 aliphatic rings. The number of rotatable bonds is 2. The van der Waals surface area contributed by atoms with Crippen LogP contribution in [0.1, 0.15) is 23.2 Å². The summed E-state index contributed by atoms with van der Waals surface area (Å²) in [6.07, 6.45) is 5.23. The summed E-state index contributed by atoms with van der Waals surface area (Å²) in [7, 11) is 0. The van der Waals surface area contributed by atoms with E-state index >= 15 is 0 Å². The molecule has 2 aromatic heterocycles. The van der Waals surface area contributed by atoms with Gasteiger partial charge >= 0.3 is 0 Å². The number of thiophene rings is 1. The number of nitrogens with zero attached hydrogens (tertiary/aromatic N) is 2. The fraction of sp³-hybridized carbons (Fsp3) is 0.429. The third-order valence-electron chi connectivity index (χ3n) is 3.68. The maximum atomic E-state index is 5.75. The highest BCUT2D eigenvalue weighted by atomic mass is 32.1. The normalized spacial score (nSPS) is 18.7. The van der Waals surface area contributed by atoms with Crippen LogP contribution in [0.2, 0.25) is 0 Å². The van der Waals surface area contributed by atoms with Crippen molar-refractivity contribution in [3.8, 4) is 11.4 Å². The molecule has 0 fully saturated rings. The molecule has 0 aromatic carbocycles. The largest absolute Gasteiger partial charge is 0.330 e. The molecule has 94 valence electrons. The van der Waals surface area contributed by atoms with E-state index in [1.807, 2.05) is 6.20 Å². The zero-order valence-corrected chi connectivity index (χ0v) is 11.3. The first-order chi connectivity index (χ1) is 8.78. The Bertz CT molecular complexity index is 562. The van der Waals surface area contributed by atoms with Gasteiger partial charge in [0.15, 0.2) is 5.82 Å². The van der Waals surface area contributed by atoms with Crippen LogP contribution in [0.15, 0.2) is 17.0 Å². The van der Waals surface area contributed by atoms with Crippen LogP contribution in [0.5, 0.6) is 0 Å². The second kappa shape index (κ2) is 4.78. The van der Waals surface area contributed by atoms with Crippen molar-refractivity contribution in [1.82, 2.24) is 9.97 Å². The van der Waals surface area contributed by atoms with Gasteiger partial charge in [0.2, 0.25) is 0 Å². The zero-order chi connectivity index (χ0) is 12.5. The van der Waals surface area contributed by atoms with Gasteiger partial charge in [0.05, 0.1) is 0 Å². The molecule has 2 aromatic rings. The van der Waals surface area contributed by atoms with E-state index < -0.39 is 0 Å². The lowest BCUT2D eigenvalue weighted by Crippen LogP contribution is -2.23. The number of hydrogen-bond donors (Lipinski definition) is 1. The van der Waals surface area contributed by atoms with Gasteiger partial charge in [0, 0.05) is 22.8 Å². The van der Waals surface area contributed by atoms with Gasteiger partial charge < -0.3 is 5.73 Å². The van der Waals surface area contributed by atoms with Crippen molar-refractivity contribution in [2.75, 3.05) is 6.54 Å². The summed E-state index contributed by atoms with van der Waals surface area (Å²) in [5.41, 5.74) is 10.7. The Labute approximate surface area is 111 Å². The second-order valence-electron chi connectivity index (χ2n) is 4.98. The Morgan fingerprint density at radius 2 is 2.33 bits per heavy atom. The van der Waals surface area contributed by atoms with Gasteiger partial charge in [0.1, 0.15) is 0 Å². The van der Waals surface area contributed by atoms with Crippen molar-refractivity contribution in [3.05, 3.63) is 33.8 Å². The first kappa shape index (κ1) is 11.8. The van der Waals surface area contributed by atoms with Crippen molar-refractivity contribution in [2.24, 2.45) is 11.7 Å². The number of fused-ring (bicyclic) bond motifs is 1. The monoisotopic (exact) mass is 259 g/mol. The smallest absolute Gasteiger partial charge is 0.160 e. The number of aryl methyl sites for hydroxylation is 2. The van der Waals surface area contributed by atoms with Crippen LogP contribution in [-0.2, 0) is 12.8 Å². The molecule has 4 heteroatoms. The Hall–Kier alpha value is -1.26. The summed E-state index contributed by atoms with van der Waals surface area (Å²) in [4.78, 5) is 9.26. The van der Waals surface area contributed by atoms with Crippen molar-refractivity contribution in [1.29, 1.82) is 0 Å². The van der Waals surface area contributed by atoms with Crippen LogP contribution in [0.3, 0.4) is 0 Å². The average Bonchev–Trinajstić information content (AvgIpc) is 2.84. The van der Waals surface area contributed by atoms with Gasteiger partial charge in [-0.15, -0.1) is 0 Å². The fourth-order valence-corrected chi connectivity index (χ4v) is 3.33. The lowest BCUT2D eigenvalue weighted by Gasteiger charge is -2.22. The summed E-state index contributed by atoms with van der Waals surface area (Å²) in [6, 6.07) is 0. The molecule has 3 rings (SSSR count). The topological polar surface area (TPSA) is 51.8 Å². The first-order valence-electron chi connectivity index (χ1n) is 6.36. The first-order valence-corrected chi connectivity index (χ1v) is 7.30. The molecule has 1 atom stereocenters. The van der Waals surface area contributed by atoms with Crippen LogP contribution in [0.25, 0.3) is 11.4 Å². The van der Waals surface area contributed by atoms with Crippen molar-refractivity contribution >= 4 is 11.3 Å². The molecule has 2 N–H and O–H groups in total. The van der Waals surface area contributed by atoms with Gasteiger partial charge in [0.25, 0.3) is 0 Å². The summed E-state index contributed by atoms with van der Waals surface area (Å²) in [5, 5.41) is 4.27. The van der Waals surface area contributed by atoms with Crippen LogP contribution in [-0.4, -0.2) is 16.5 Å². The minimum atomic E-state index is 0.606. The second-order valence-corrected chi connectivity index (χ2v) is 5.72. The van der Waals surface area contributed by atoms with E-state index in [9.17, 15) is 0 Å². The highest BCUT2D eigenvalue weighted by molar-refractivity contribution is 7.08. The maximum Gasteiger partial charge on any atom is 0.160 e. The van der Waals surface area contributed by atoms with Crippen LogP contribution < -0.4 is 5.73 Å². The molecule has 1 aliphatic carbocycles. The number of hydrogen-bond acceptors (Lipinski definition) is 4. The molecule has 1 unspecified atom stereocenters. The Kier molecular flexibility index (Phi) is 3.14. The minimum Gasteiger partial charge on any atom is -0.330 e. The Morgan fingerprint density at radius 3 is 3.06 bits per heavy atom. The SMILES string of the molecule is Cc1cscc1-c1ncc2c(n1)CCC(CN)C2. The third-order valence-corrected chi connectivity index (χ3v) is 4.54. The van der Waals surface area contributed by atoms with Crippen molar-refractivity contribution in [2.45, 2.75) is 26.2 Å². The lowest BCUT2D eigenvalue weighted by molar-refractivity contribution is 0.462. The van der Waals surface area contributed by atoms with Crippen molar-refractivity contribution < 1.29 is 0 Å². The Morgan fingerprint density at radius 1 is 1.44 bits per heavy atom. The molecule has 18 heavy (non-hydrogen) atoms. The summed E-state index contributed by atoms with van der Waals surface area (Å²) in [5.74, 6) is 1.48. The van der Waals surface area contributed by atoms with Gasteiger partial charge in [-0.2, -0.15) is 11.3 Å². The molecular weight excluding hydrogens is 242 g/mol. The molecule has 0 spiro atoms. The molecule has 0 saturated carbocycles. The molecule has 3 nitrogen and oxygen atoms in total. The zero-order valence-electron chi connectivity index (χ0n) is 10.5. The summed E-state index contributed by atoms with van der Waals surface area (Å²) in [6.45, 7) is 2.88. The van der Waals surface area contributed by atoms with E-state index in [-0.39, 0.29) is 0 Å². The lowest BCUT2D eigenvalue weighted by atomic mass is 9.87. The van der Waals surface area contributed by atoms with E-state index in [1.165, 1.54) is 22.4 Å². The molecule has 0 amide bonds. The average molecular weight is 259 g/mol. The molecule has 0 radical (unpaired) electrons. The van der Waals surface area contributed by atoms with E-state index in [4.69, 9.17) is 10.7 Å². The van der Waals surface area contributed by atoms with E-state index in [0.717, 1.165) is 31.6 Å². The predicted octanol–water partition coefficient (Wildman–Crippen LogP) is 2.58. The third kappa shape index (κ3) is 2.06. The van der Waals surface area contributed by atoms with Crippen LogP contribution in [0, 0.1) is 12.8 Å². The predicted molar refractivity (Wildman–Crippen MR) is 74.7 cm³/mol. The fourth-order valence-electron chi connectivity index (χ4n) is 2.50. The van der Waals surface area contributed by atoms with Crippen LogP contribution >= 0.6 is 11.3 Å². The number of aromatic nitrogens is 2. The quantitative estimate of drug-likeness (QED) is 0.902. The molecule has 0 saturated heterocycles. The van der Waals surface area contributed by atoms with Crippen LogP contribution in [0.4, 0.5) is 0 Å². The van der Waals surface area contributed by atoms with Gasteiger partial charge in [-0.1, -0.05) is 0 Å². The highest BCUT2D eigenvalue weighted by Gasteiger charge is 2.20. The summed E-state index contributed by atoms with van der Waals surface area (Å²) >= 11 is 1.71. The minimum absolute atomic E-state index is 0.606. The molecule has 0 aliphatic heterocycles. The van der Waals surface area contributed by atoms with Gasteiger partial charge in [-0.05, 0) is 55.2 Å². The maximum absolute atomic E-state index is 5.75. The standard InChI is InChI=1S/C14H17N3S/c1-9-7-18-8-12(9)14-16-6-11-4-10(5-15)2-3-13(11)17-14/h6-8,10H,2-5,15H2,1H3. The Balaban J connectivity index is 1.95. The summed E-state index contributed by atoms with van der Waals surface area (Å²) < 4.78 is 0. The molecular formula is C14H17N3S. The van der Waals surface area contributed by atoms with E-state index in [1.54, 1.807) is 11.3 Å². The van der Waals surface area contributed by atoms with Gasteiger partial charge in [-0.3, -0.25) is 0 Å². The molecule has 2 heterocycles. The van der Waals surface area contributed by atoms with Gasteiger partial charge in [-0.25, -0.2) is 9.97 Å². The molecule has 0 bridgehead atoms. The van der Waals surface area contributed by atoms with E-state index in [2.05, 4.69) is 22.7 Å². The highest BCUT2D eigenvalue weighted by Crippen LogP contribution is 2.28. The van der Waals surface area contributed by atoms with Crippen molar-refractivity contribution in [3.63, 3.8) is 0 Å². The number of nitrogens with two attached hydrogens (primary N) is 1.